The van der Waals surface area contributed by atoms with Crippen molar-refractivity contribution in [1.82, 2.24) is 15.1 Å². The van der Waals surface area contributed by atoms with Gasteiger partial charge in [-0.3, -0.25) is 4.79 Å². The molecule has 1 aliphatic rings. The molecule has 0 unspecified atom stereocenters. The molecule has 0 N–H and O–H groups in total. The lowest BCUT2D eigenvalue weighted by atomic mass is 10.1. The summed E-state index contributed by atoms with van der Waals surface area (Å²) in [6, 6.07) is 18.6. The molecule has 1 fully saturated rings. The quantitative estimate of drug-likeness (QED) is 0.656. The second-order valence-corrected chi connectivity index (χ2v) is 7.98. The van der Waals surface area contributed by atoms with Crippen molar-refractivity contribution >= 4 is 11.7 Å². The molecule has 1 amide bonds. The Morgan fingerprint density at radius 2 is 1.53 bits per heavy atom. The van der Waals surface area contributed by atoms with Crippen molar-refractivity contribution < 1.29 is 4.79 Å². The van der Waals surface area contributed by atoms with E-state index >= 15 is 0 Å². The summed E-state index contributed by atoms with van der Waals surface area (Å²) < 4.78 is 0. The summed E-state index contributed by atoms with van der Waals surface area (Å²) in [5.41, 5.74) is 6.30. The number of hydrogen-bond acceptors (Lipinski definition) is 4. The first-order valence-corrected chi connectivity index (χ1v) is 10.6. The first-order chi connectivity index (χ1) is 14.5. The molecule has 3 aromatic rings. The van der Waals surface area contributed by atoms with E-state index in [9.17, 15) is 4.79 Å². The molecular weight excluding hydrogens is 372 g/mol. The maximum atomic E-state index is 12.9. The number of aryl methyl sites for hydroxylation is 3. The summed E-state index contributed by atoms with van der Waals surface area (Å²) in [6.07, 6.45) is 1.03. The normalized spacial score (nSPS) is 14.1. The fourth-order valence-corrected chi connectivity index (χ4v) is 3.98. The van der Waals surface area contributed by atoms with Crippen LogP contribution in [0.2, 0.25) is 0 Å². The highest BCUT2D eigenvalue weighted by Gasteiger charge is 2.23. The molecule has 0 spiro atoms. The molecule has 2 aromatic carbocycles. The average Bonchev–Trinajstić information content (AvgIpc) is 2.78. The maximum Gasteiger partial charge on any atom is 0.253 e. The highest BCUT2D eigenvalue weighted by atomic mass is 16.2. The SMILES string of the molecule is CCc1ccc(-c2ccc(N3CCN(C(=O)c4cc(C)cc(C)c4)CC3)nn2)cc1. The first kappa shape index (κ1) is 20.1. The van der Waals surface area contributed by atoms with Crippen molar-refractivity contribution in [2.75, 3.05) is 31.1 Å². The number of benzene rings is 2. The van der Waals surface area contributed by atoms with Gasteiger partial charge in [-0.1, -0.05) is 48.4 Å². The van der Waals surface area contributed by atoms with E-state index in [2.05, 4.69) is 52.4 Å². The topological polar surface area (TPSA) is 49.3 Å². The molecule has 0 aliphatic carbocycles. The lowest BCUT2D eigenvalue weighted by molar-refractivity contribution is 0.0746. The van der Waals surface area contributed by atoms with Gasteiger partial charge in [0.15, 0.2) is 5.82 Å². The zero-order chi connectivity index (χ0) is 21.1. The summed E-state index contributed by atoms with van der Waals surface area (Å²) >= 11 is 0. The Labute approximate surface area is 178 Å². The van der Waals surface area contributed by atoms with Crippen LogP contribution in [0.1, 0.15) is 34.0 Å². The molecule has 2 heterocycles. The number of amides is 1. The molecule has 0 saturated carbocycles. The molecule has 1 aromatic heterocycles. The number of hydrogen-bond donors (Lipinski definition) is 0. The Bertz CT molecular complexity index is 1000. The van der Waals surface area contributed by atoms with Crippen molar-refractivity contribution in [3.05, 3.63) is 76.9 Å². The summed E-state index contributed by atoms with van der Waals surface area (Å²) in [5.74, 6) is 0.973. The van der Waals surface area contributed by atoms with Gasteiger partial charge in [0, 0.05) is 37.3 Å². The van der Waals surface area contributed by atoms with Gasteiger partial charge in [-0.15, -0.1) is 10.2 Å². The van der Waals surface area contributed by atoms with E-state index in [4.69, 9.17) is 0 Å². The van der Waals surface area contributed by atoms with Gasteiger partial charge in [0.2, 0.25) is 0 Å². The van der Waals surface area contributed by atoms with Crippen molar-refractivity contribution in [3.8, 4) is 11.3 Å². The van der Waals surface area contributed by atoms with Gasteiger partial charge in [-0.2, -0.15) is 0 Å². The van der Waals surface area contributed by atoms with Crippen LogP contribution in [0.3, 0.4) is 0 Å². The van der Waals surface area contributed by atoms with Gasteiger partial charge in [-0.25, -0.2) is 0 Å². The number of aromatic nitrogens is 2. The minimum atomic E-state index is 0.110. The van der Waals surface area contributed by atoms with Gasteiger partial charge in [0.25, 0.3) is 5.91 Å². The van der Waals surface area contributed by atoms with Gasteiger partial charge >= 0.3 is 0 Å². The molecule has 154 valence electrons. The van der Waals surface area contributed by atoms with Crippen molar-refractivity contribution in [2.24, 2.45) is 0 Å². The Hall–Kier alpha value is -3.21. The lowest BCUT2D eigenvalue weighted by Gasteiger charge is -2.35. The second-order valence-electron chi connectivity index (χ2n) is 7.98. The van der Waals surface area contributed by atoms with Crippen LogP contribution < -0.4 is 4.90 Å². The molecule has 5 heteroatoms. The molecule has 0 bridgehead atoms. The van der Waals surface area contributed by atoms with Crippen molar-refractivity contribution in [1.29, 1.82) is 0 Å². The van der Waals surface area contributed by atoms with Crippen LogP contribution in [0.15, 0.2) is 54.6 Å². The number of nitrogens with zero attached hydrogens (tertiary/aromatic N) is 4. The Morgan fingerprint density at radius 3 is 2.10 bits per heavy atom. The molecule has 1 aliphatic heterocycles. The predicted octanol–water partition coefficient (Wildman–Crippen LogP) is 4.29. The zero-order valence-corrected chi connectivity index (χ0v) is 17.9. The van der Waals surface area contributed by atoms with Gasteiger partial charge in [0.05, 0.1) is 5.69 Å². The third-order valence-corrected chi connectivity index (χ3v) is 5.67. The molecule has 0 atom stereocenters. The number of carbonyl (C=O) groups is 1. The molecule has 5 nitrogen and oxygen atoms in total. The number of piperazine rings is 1. The summed E-state index contributed by atoms with van der Waals surface area (Å²) in [6.45, 7) is 9.11. The Morgan fingerprint density at radius 1 is 0.867 bits per heavy atom. The van der Waals surface area contributed by atoms with Crippen molar-refractivity contribution in [2.45, 2.75) is 27.2 Å². The number of anilines is 1. The van der Waals surface area contributed by atoms with E-state index < -0.39 is 0 Å². The van der Waals surface area contributed by atoms with Crippen LogP contribution >= 0.6 is 0 Å². The van der Waals surface area contributed by atoms with Crippen LogP contribution in [0.5, 0.6) is 0 Å². The third kappa shape index (κ3) is 4.35. The monoisotopic (exact) mass is 400 g/mol. The van der Waals surface area contributed by atoms with Crippen LogP contribution in [0.4, 0.5) is 5.82 Å². The number of rotatable bonds is 4. The Balaban J connectivity index is 1.39. The minimum Gasteiger partial charge on any atom is -0.352 e. The standard InChI is InChI=1S/C25H28N4O/c1-4-20-5-7-21(8-6-20)23-9-10-24(27-26-23)28-11-13-29(14-12-28)25(30)22-16-18(2)15-19(3)17-22/h5-10,15-17H,4,11-14H2,1-3H3. The smallest absolute Gasteiger partial charge is 0.253 e. The van der Waals surface area contributed by atoms with Crippen LogP contribution in [0, 0.1) is 13.8 Å². The molecule has 0 radical (unpaired) electrons. The van der Waals surface area contributed by atoms with E-state index in [1.165, 1.54) is 5.56 Å². The first-order valence-electron chi connectivity index (χ1n) is 10.6. The largest absolute Gasteiger partial charge is 0.352 e. The average molecular weight is 401 g/mol. The van der Waals surface area contributed by atoms with E-state index in [-0.39, 0.29) is 5.91 Å². The highest BCUT2D eigenvalue weighted by Crippen LogP contribution is 2.21. The summed E-state index contributed by atoms with van der Waals surface area (Å²) in [4.78, 5) is 17.0. The van der Waals surface area contributed by atoms with Crippen molar-refractivity contribution in [3.63, 3.8) is 0 Å². The van der Waals surface area contributed by atoms with Crippen LogP contribution in [-0.4, -0.2) is 47.2 Å². The van der Waals surface area contributed by atoms with Gasteiger partial charge in [-0.05, 0) is 50.1 Å². The van der Waals surface area contributed by atoms with Crippen LogP contribution in [0.25, 0.3) is 11.3 Å². The number of carbonyl (C=O) groups excluding carboxylic acids is 1. The summed E-state index contributed by atoms with van der Waals surface area (Å²) in [5, 5.41) is 8.87. The van der Waals surface area contributed by atoms with E-state index in [0.717, 1.165) is 53.3 Å². The lowest BCUT2D eigenvalue weighted by Crippen LogP contribution is -2.49. The minimum absolute atomic E-state index is 0.110. The van der Waals surface area contributed by atoms with E-state index in [1.807, 2.05) is 43.0 Å². The van der Waals surface area contributed by atoms with Crippen LogP contribution in [-0.2, 0) is 6.42 Å². The van der Waals surface area contributed by atoms with E-state index in [1.54, 1.807) is 0 Å². The predicted molar refractivity (Wildman–Crippen MR) is 121 cm³/mol. The molecular formula is C25H28N4O. The van der Waals surface area contributed by atoms with Gasteiger partial charge in [0.1, 0.15) is 0 Å². The molecule has 1 saturated heterocycles. The Kier molecular flexibility index (Phi) is 5.79. The maximum absolute atomic E-state index is 12.9. The van der Waals surface area contributed by atoms with E-state index in [0.29, 0.717) is 13.1 Å². The molecule has 4 rings (SSSR count). The molecule has 30 heavy (non-hydrogen) atoms. The second kappa shape index (κ2) is 8.66. The summed E-state index contributed by atoms with van der Waals surface area (Å²) in [7, 11) is 0. The third-order valence-electron chi connectivity index (χ3n) is 5.67. The highest BCUT2D eigenvalue weighted by molar-refractivity contribution is 5.94. The fraction of sp³-hybridized carbons (Fsp3) is 0.320. The zero-order valence-electron chi connectivity index (χ0n) is 17.9. The van der Waals surface area contributed by atoms with Gasteiger partial charge < -0.3 is 9.80 Å². The fourth-order valence-electron chi connectivity index (χ4n) is 3.98.